The first kappa shape index (κ1) is 17.5. The minimum absolute atomic E-state index is 0.121. The second-order valence-electron chi connectivity index (χ2n) is 7.62. The molecular weight excluding hydrogens is 300 g/mol. The van der Waals surface area contributed by atoms with Crippen LogP contribution in [0.2, 0.25) is 0 Å². The lowest BCUT2D eigenvalue weighted by Crippen LogP contribution is -2.49. The highest BCUT2D eigenvalue weighted by molar-refractivity contribution is 5.82. The van der Waals surface area contributed by atoms with Gasteiger partial charge in [0.15, 0.2) is 0 Å². The van der Waals surface area contributed by atoms with E-state index in [2.05, 4.69) is 46.3 Å². The number of rotatable bonds is 5. The highest BCUT2D eigenvalue weighted by Crippen LogP contribution is 2.28. The molecule has 134 valence electrons. The monoisotopic (exact) mass is 332 g/mol. The van der Waals surface area contributed by atoms with Gasteiger partial charge in [-0.15, -0.1) is 0 Å². The van der Waals surface area contributed by atoms with Gasteiger partial charge >= 0.3 is 0 Å². The molecule has 1 aromatic heterocycles. The molecule has 2 saturated heterocycles. The Morgan fingerprint density at radius 3 is 2.83 bits per heavy atom. The Hall–Kier alpha value is -1.36. The van der Waals surface area contributed by atoms with Gasteiger partial charge in [-0.2, -0.15) is 0 Å². The van der Waals surface area contributed by atoms with Gasteiger partial charge in [-0.1, -0.05) is 20.8 Å². The number of likely N-dealkylation sites (tertiary alicyclic amines) is 2. The molecule has 0 spiro atoms. The highest BCUT2D eigenvalue weighted by Gasteiger charge is 2.35. The van der Waals surface area contributed by atoms with Crippen molar-refractivity contribution >= 4 is 5.91 Å². The molecule has 0 radical (unpaired) electrons. The highest BCUT2D eigenvalue weighted by atomic mass is 16.2. The van der Waals surface area contributed by atoms with Gasteiger partial charge in [0.1, 0.15) is 5.82 Å². The third-order valence-corrected chi connectivity index (χ3v) is 5.48. The van der Waals surface area contributed by atoms with Crippen LogP contribution in [0, 0.1) is 0 Å². The summed E-state index contributed by atoms with van der Waals surface area (Å²) in [6.45, 7) is 10.5. The smallest absolute Gasteiger partial charge is 0.239 e. The lowest BCUT2D eigenvalue weighted by atomic mass is 10.0. The molecule has 0 bridgehead atoms. The maximum atomic E-state index is 13.1. The van der Waals surface area contributed by atoms with E-state index in [1.165, 1.54) is 0 Å². The van der Waals surface area contributed by atoms with E-state index in [4.69, 9.17) is 0 Å². The van der Waals surface area contributed by atoms with E-state index in [0.717, 1.165) is 64.1 Å². The third-order valence-electron chi connectivity index (χ3n) is 5.48. The maximum absolute atomic E-state index is 13.1. The summed E-state index contributed by atoms with van der Waals surface area (Å²) in [6.07, 6.45) is 9.53. The number of carbonyl (C=O) groups is 1. The van der Waals surface area contributed by atoms with Crippen LogP contribution in [0.3, 0.4) is 0 Å². The summed E-state index contributed by atoms with van der Waals surface area (Å²) < 4.78 is 2.31. The van der Waals surface area contributed by atoms with E-state index >= 15 is 0 Å². The van der Waals surface area contributed by atoms with Crippen molar-refractivity contribution in [1.82, 2.24) is 19.4 Å². The van der Waals surface area contributed by atoms with Crippen molar-refractivity contribution in [2.75, 3.05) is 26.2 Å². The predicted octanol–water partition coefficient (Wildman–Crippen LogP) is 3.04. The second kappa shape index (κ2) is 7.68. The van der Waals surface area contributed by atoms with Crippen LogP contribution in [0.15, 0.2) is 12.4 Å². The van der Waals surface area contributed by atoms with E-state index in [1.54, 1.807) is 0 Å². The Balaban J connectivity index is 1.69. The number of hydrogen-bond acceptors (Lipinski definition) is 3. The summed E-state index contributed by atoms with van der Waals surface area (Å²) >= 11 is 0. The molecule has 0 aromatic carbocycles. The van der Waals surface area contributed by atoms with Crippen molar-refractivity contribution in [2.45, 2.75) is 70.9 Å². The Bertz CT molecular complexity index is 553. The standard InChI is InChI=1S/C19H32N4O/c1-4-10-21-11-6-8-17(21)19(24)22-12-5-7-16(14-22)23-13-9-20-18(23)15(2)3/h9,13,15-17H,4-8,10-12,14H2,1-3H3/t16-,17-/m1/s1. The number of nitrogens with zero attached hydrogens (tertiary/aromatic N) is 4. The number of piperidine rings is 1. The number of carbonyl (C=O) groups excluding carboxylic acids is 1. The Morgan fingerprint density at radius 2 is 2.08 bits per heavy atom. The summed E-state index contributed by atoms with van der Waals surface area (Å²) in [6, 6.07) is 0.500. The molecule has 0 unspecified atom stereocenters. The van der Waals surface area contributed by atoms with Crippen LogP contribution in [-0.4, -0.2) is 57.5 Å². The van der Waals surface area contributed by atoms with E-state index in [0.29, 0.717) is 17.9 Å². The quantitative estimate of drug-likeness (QED) is 0.832. The van der Waals surface area contributed by atoms with Crippen LogP contribution in [0.25, 0.3) is 0 Å². The van der Waals surface area contributed by atoms with E-state index in [1.807, 2.05) is 6.20 Å². The molecule has 2 aliphatic heterocycles. The Morgan fingerprint density at radius 1 is 1.29 bits per heavy atom. The number of aromatic nitrogens is 2. The van der Waals surface area contributed by atoms with Crippen LogP contribution >= 0.6 is 0 Å². The van der Waals surface area contributed by atoms with Gasteiger partial charge in [0.05, 0.1) is 12.1 Å². The Labute approximate surface area is 146 Å². The van der Waals surface area contributed by atoms with Crippen molar-refractivity contribution in [3.63, 3.8) is 0 Å². The minimum Gasteiger partial charge on any atom is -0.339 e. The second-order valence-corrected chi connectivity index (χ2v) is 7.62. The molecule has 0 aliphatic carbocycles. The first-order valence-electron chi connectivity index (χ1n) is 9.67. The van der Waals surface area contributed by atoms with Gasteiger partial charge in [-0.05, 0) is 45.2 Å². The fourth-order valence-electron chi connectivity index (χ4n) is 4.33. The Kier molecular flexibility index (Phi) is 5.59. The van der Waals surface area contributed by atoms with Crippen LogP contribution in [0.5, 0.6) is 0 Å². The lowest BCUT2D eigenvalue weighted by Gasteiger charge is -2.37. The average molecular weight is 332 g/mol. The number of hydrogen-bond donors (Lipinski definition) is 0. The molecule has 24 heavy (non-hydrogen) atoms. The molecule has 2 aliphatic rings. The van der Waals surface area contributed by atoms with Crippen molar-refractivity contribution in [1.29, 1.82) is 0 Å². The zero-order valence-electron chi connectivity index (χ0n) is 15.4. The van der Waals surface area contributed by atoms with E-state index in [-0.39, 0.29) is 6.04 Å². The normalized spacial score (nSPS) is 25.6. The van der Waals surface area contributed by atoms with Gasteiger partial charge in [-0.25, -0.2) is 4.98 Å². The molecule has 2 atom stereocenters. The van der Waals surface area contributed by atoms with Gasteiger partial charge in [0.25, 0.3) is 0 Å². The molecule has 3 heterocycles. The predicted molar refractivity (Wildman–Crippen MR) is 96.1 cm³/mol. The first-order valence-corrected chi connectivity index (χ1v) is 9.67. The molecule has 5 nitrogen and oxygen atoms in total. The minimum atomic E-state index is 0.121. The molecule has 1 aromatic rings. The van der Waals surface area contributed by atoms with Crippen molar-refractivity contribution in [3.8, 4) is 0 Å². The maximum Gasteiger partial charge on any atom is 0.239 e. The van der Waals surface area contributed by atoms with Crippen LogP contribution in [0.1, 0.15) is 70.7 Å². The van der Waals surface area contributed by atoms with Gasteiger partial charge in [-0.3, -0.25) is 9.69 Å². The first-order chi connectivity index (χ1) is 11.6. The fraction of sp³-hybridized carbons (Fsp3) is 0.789. The number of imidazole rings is 1. The van der Waals surface area contributed by atoms with Crippen LogP contribution < -0.4 is 0 Å². The molecule has 0 saturated carbocycles. The van der Waals surface area contributed by atoms with E-state index < -0.39 is 0 Å². The fourth-order valence-corrected chi connectivity index (χ4v) is 4.33. The molecular formula is C19H32N4O. The topological polar surface area (TPSA) is 41.4 Å². The van der Waals surface area contributed by atoms with Gasteiger partial charge in [0, 0.05) is 31.4 Å². The molecule has 0 N–H and O–H groups in total. The summed E-state index contributed by atoms with van der Waals surface area (Å²) in [7, 11) is 0. The van der Waals surface area contributed by atoms with Crippen molar-refractivity contribution in [2.24, 2.45) is 0 Å². The summed E-state index contributed by atoms with van der Waals surface area (Å²) in [5.41, 5.74) is 0. The third kappa shape index (κ3) is 3.51. The molecule has 5 heteroatoms. The van der Waals surface area contributed by atoms with E-state index in [9.17, 15) is 4.79 Å². The van der Waals surface area contributed by atoms with Crippen LogP contribution in [-0.2, 0) is 4.79 Å². The van der Waals surface area contributed by atoms with Gasteiger partial charge < -0.3 is 9.47 Å². The van der Waals surface area contributed by atoms with Crippen molar-refractivity contribution < 1.29 is 4.79 Å². The molecule has 2 fully saturated rings. The molecule has 1 amide bonds. The van der Waals surface area contributed by atoms with Crippen LogP contribution in [0.4, 0.5) is 0 Å². The number of amides is 1. The zero-order valence-corrected chi connectivity index (χ0v) is 15.4. The van der Waals surface area contributed by atoms with Gasteiger partial charge in [0.2, 0.25) is 5.91 Å². The summed E-state index contributed by atoms with van der Waals surface area (Å²) in [5, 5.41) is 0. The van der Waals surface area contributed by atoms with Crippen molar-refractivity contribution in [3.05, 3.63) is 18.2 Å². The largest absolute Gasteiger partial charge is 0.339 e. The zero-order chi connectivity index (χ0) is 17.1. The summed E-state index contributed by atoms with van der Waals surface area (Å²) in [4.78, 5) is 22.1. The SMILES string of the molecule is CCCN1CCC[C@@H]1C(=O)N1CCC[C@@H](n2ccnc2C(C)C)C1. The molecule has 3 rings (SSSR count). The lowest BCUT2D eigenvalue weighted by molar-refractivity contribution is -0.137. The summed E-state index contributed by atoms with van der Waals surface area (Å²) in [5.74, 6) is 1.92. The average Bonchev–Trinajstić information content (AvgIpc) is 3.24.